The van der Waals surface area contributed by atoms with E-state index in [-0.39, 0.29) is 5.92 Å². The highest BCUT2D eigenvalue weighted by molar-refractivity contribution is 5.93. The molecule has 4 aromatic rings. The van der Waals surface area contributed by atoms with E-state index in [1.54, 1.807) is 31.4 Å². The number of carbonyl (C=O) groups excluding carboxylic acids is 2. The van der Waals surface area contributed by atoms with Gasteiger partial charge in [0, 0.05) is 5.56 Å². The van der Waals surface area contributed by atoms with Crippen molar-refractivity contribution < 1.29 is 19.1 Å². The van der Waals surface area contributed by atoms with Crippen molar-refractivity contribution in [1.82, 2.24) is 9.55 Å². The molecule has 0 radical (unpaired) electrons. The molecular formula is C27H27N3O4. The maximum Gasteiger partial charge on any atom is 0.337 e. The highest BCUT2D eigenvalue weighted by Crippen LogP contribution is 2.41. The van der Waals surface area contributed by atoms with Crippen molar-refractivity contribution in [3.63, 3.8) is 0 Å². The van der Waals surface area contributed by atoms with E-state index in [2.05, 4.69) is 0 Å². The Hall–Kier alpha value is -4.13. The lowest BCUT2D eigenvalue weighted by atomic mass is 9.78. The van der Waals surface area contributed by atoms with Crippen molar-refractivity contribution in [2.45, 2.75) is 19.4 Å². The third-order valence-corrected chi connectivity index (χ3v) is 6.22. The molecule has 0 spiro atoms. The Labute approximate surface area is 198 Å². The van der Waals surface area contributed by atoms with Crippen molar-refractivity contribution in [2.75, 3.05) is 14.2 Å². The number of fused-ring (bicyclic) bond motifs is 1. The highest BCUT2D eigenvalue weighted by atomic mass is 16.5. The minimum absolute atomic E-state index is 0.218. The zero-order valence-corrected chi connectivity index (χ0v) is 19.6. The Bertz CT molecular complexity index is 1340. The van der Waals surface area contributed by atoms with Crippen molar-refractivity contribution >= 4 is 22.9 Å². The number of ether oxygens (including phenoxy) is 2. The average molecular weight is 458 g/mol. The van der Waals surface area contributed by atoms with Crippen LogP contribution in [0.1, 0.15) is 29.8 Å². The summed E-state index contributed by atoms with van der Waals surface area (Å²) in [5.74, 6) is 0.111. The van der Waals surface area contributed by atoms with Crippen LogP contribution in [0.4, 0.5) is 0 Å². The Kier molecular flexibility index (Phi) is 6.11. The van der Waals surface area contributed by atoms with E-state index in [0.29, 0.717) is 17.1 Å². The molecule has 1 heterocycles. The number of aromatic nitrogens is 2. The fourth-order valence-corrected chi connectivity index (χ4v) is 4.55. The molecule has 1 aromatic heterocycles. The van der Waals surface area contributed by atoms with Crippen LogP contribution in [0.2, 0.25) is 0 Å². The predicted octanol–water partition coefficient (Wildman–Crippen LogP) is 4.38. The first-order valence-electron chi connectivity index (χ1n) is 11.0. The summed E-state index contributed by atoms with van der Waals surface area (Å²) in [5, 5.41) is 0. The van der Waals surface area contributed by atoms with Gasteiger partial charge in [0.2, 0.25) is 5.91 Å². The van der Waals surface area contributed by atoms with Crippen molar-refractivity contribution in [2.24, 2.45) is 11.7 Å². The van der Waals surface area contributed by atoms with E-state index in [1.807, 2.05) is 66.9 Å². The van der Waals surface area contributed by atoms with E-state index in [4.69, 9.17) is 20.2 Å². The number of para-hydroxylation sites is 2. The van der Waals surface area contributed by atoms with Gasteiger partial charge in [-0.05, 0) is 47.9 Å². The van der Waals surface area contributed by atoms with Crippen LogP contribution in [-0.2, 0) is 15.1 Å². The number of carbonyl (C=O) groups is 2. The van der Waals surface area contributed by atoms with Crippen LogP contribution in [0, 0.1) is 5.92 Å². The number of rotatable bonds is 7. The maximum atomic E-state index is 13.4. The SMILES string of the molecule is COC(=O)c1ccc(-c2nc3ccccc3n2C(C(N)=O)(c2ccc(OC)cc2)C(C)C)cc1. The van der Waals surface area contributed by atoms with E-state index in [1.165, 1.54) is 7.11 Å². The third kappa shape index (κ3) is 3.59. The second kappa shape index (κ2) is 9.02. The quantitative estimate of drug-likeness (QED) is 0.416. The number of hydrogen-bond donors (Lipinski definition) is 1. The molecule has 0 saturated heterocycles. The molecule has 4 rings (SSSR count). The lowest BCUT2D eigenvalue weighted by Crippen LogP contribution is -2.51. The number of imidazole rings is 1. The van der Waals surface area contributed by atoms with Crippen LogP contribution >= 0.6 is 0 Å². The first-order chi connectivity index (χ1) is 16.3. The fraction of sp³-hybridized carbons (Fsp3) is 0.222. The number of primary amides is 1. The van der Waals surface area contributed by atoms with Crippen molar-refractivity contribution in [3.8, 4) is 17.1 Å². The normalized spacial score (nSPS) is 13.0. The number of esters is 1. The number of nitrogens with two attached hydrogens (primary N) is 1. The monoisotopic (exact) mass is 457 g/mol. The maximum absolute atomic E-state index is 13.4. The first kappa shape index (κ1) is 23.0. The van der Waals surface area contributed by atoms with Crippen molar-refractivity contribution in [1.29, 1.82) is 0 Å². The predicted molar refractivity (Wildman–Crippen MR) is 131 cm³/mol. The van der Waals surface area contributed by atoms with Crippen LogP contribution in [0.3, 0.4) is 0 Å². The number of nitrogens with zero attached hydrogens (tertiary/aromatic N) is 2. The van der Waals surface area contributed by atoms with E-state index in [9.17, 15) is 9.59 Å². The number of hydrogen-bond acceptors (Lipinski definition) is 5. The van der Waals surface area contributed by atoms with Crippen LogP contribution in [0.5, 0.6) is 5.75 Å². The topological polar surface area (TPSA) is 96.4 Å². The molecule has 1 unspecified atom stereocenters. The smallest absolute Gasteiger partial charge is 0.337 e. The van der Waals surface area contributed by atoms with Gasteiger partial charge in [-0.2, -0.15) is 0 Å². The minimum atomic E-state index is -1.24. The third-order valence-electron chi connectivity index (χ3n) is 6.22. The zero-order valence-electron chi connectivity index (χ0n) is 19.6. The molecule has 0 aliphatic rings. The molecule has 2 N–H and O–H groups in total. The number of methoxy groups -OCH3 is 2. The summed E-state index contributed by atoms with van der Waals surface area (Å²) in [6.07, 6.45) is 0. The molecule has 0 bridgehead atoms. The van der Waals surface area contributed by atoms with Gasteiger partial charge in [-0.1, -0.05) is 50.2 Å². The minimum Gasteiger partial charge on any atom is -0.497 e. The van der Waals surface area contributed by atoms with Gasteiger partial charge in [-0.15, -0.1) is 0 Å². The Morgan fingerprint density at radius 1 is 0.941 bits per heavy atom. The molecule has 3 aromatic carbocycles. The summed E-state index contributed by atoms with van der Waals surface area (Å²) in [6.45, 7) is 3.93. The molecule has 7 nitrogen and oxygen atoms in total. The molecule has 34 heavy (non-hydrogen) atoms. The van der Waals surface area contributed by atoms with Gasteiger partial charge in [-0.25, -0.2) is 9.78 Å². The Balaban J connectivity index is 2.05. The molecule has 7 heteroatoms. The molecule has 0 fully saturated rings. The highest BCUT2D eigenvalue weighted by Gasteiger charge is 2.46. The molecule has 174 valence electrons. The summed E-state index contributed by atoms with van der Waals surface area (Å²) in [4.78, 5) is 30.2. The second-order valence-electron chi connectivity index (χ2n) is 8.34. The van der Waals surface area contributed by atoms with Crippen LogP contribution in [0.15, 0.2) is 72.8 Å². The van der Waals surface area contributed by atoms with Gasteiger partial charge in [0.05, 0.1) is 30.8 Å². The van der Waals surface area contributed by atoms with Gasteiger partial charge in [-0.3, -0.25) is 4.79 Å². The molecule has 0 aliphatic carbocycles. The van der Waals surface area contributed by atoms with E-state index in [0.717, 1.165) is 22.2 Å². The zero-order chi connectivity index (χ0) is 24.5. The summed E-state index contributed by atoms with van der Waals surface area (Å²) in [5.41, 5.74) is 8.37. The Morgan fingerprint density at radius 2 is 1.59 bits per heavy atom. The van der Waals surface area contributed by atoms with Crippen molar-refractivity contribution in [3.05, 3.63) is 83.9 Å². The average Bonchev–Trinajstić information content (AvgIpc) is 3.24. The standard InChI is InChI=1S/C27H27N3O4/c1-17(2)27(26(28)32,20-13-15-21(33-3)16-14-20)30-23-8-6-5-7-22(23)29-24(30)18-9-11-19(12-10-18)25(31)34-4/h5-17H,1-4H3,(H2,28,32). The van der Waals surface area contributed by atoms with E-state index >= 15 is 0 Å². The number of amides is 1. The largest absolute Gasteiger partial charge is 0.497 e. The summed E-state index contributed by atoms with van der Waals surface area (Å²) in [7, 11) is 2.94. The summed E-state index contributed by atoms with van der Waals surface area (Å²) >= 11 is 0. The molecule has 0 aliphatic heterocycles. The van der Waals surface area contributed by atoms with Gasteiger partial charge in [0.1, 0.15) is 11.6 Å². The van der Waals surface area contributed by atoms with Gasteiger partial charge >= 0.3 is 5.97 Å². The fourth-order valence-electron chi connectivity index (χ4n) is 4.55. The first-order valence-corrected chi connectivity index (χ1v) is 11.0. The van der Waals surface area contributed by atoms with Gasteiger partial charge < -0.3 is 19.8 Å². The summed E-state index contributed by atoms with van der Waals surface area (Å²) < 4.78 is 12.1. The second-order valence-corrected chi connectivity index (χ2v) is 8.34. The molecule has 0 saturated carbocycles. The van der Waals surface area contributed by atoms with Crippen LogP contribution < -0.4 is 10.5 Å². The molecule has 1 amide bonds. The van der Waals surface area contributed by atoms with Crippen LogP contribution in [-0.4, -0.2) is 35.6 Å². The van der Waals surface area contributed by atoms with E-state index < -0.39 is 17.4 Å². The van der Waals surface area contributed by atoms with Gasteiger partial charge in [0.25, 0.3) is 0 Å². The number of benzene rings is 3. The Morgan fingerprint density at radius 3 is 2.15 bits per heavy atom. The summed E-state index contributed by atoms with van der Waals surface area (Å²) in [6, 6.07) is 22.0. The lowest BCUT2D eigenvalue weighted by molar-refractivity contribution is -0.126. The molecular weight excluding hydrogens is 430 g/mol. The lowest BCUT2D eigenvalue weighted by Gasteiger charge is -2.38. The van der Waals surface area contributed by atoms with Crippen LogP contribution in [0.25, 0.3) is 22.4 Å². The van der Waals surface area contributed by atoms with Gasteiger partial charge in [0.15, 0.2) is 5.54 Å². The molecule has 1 atom stereocenters.